The lowest BCUT2D eigenvalue weighted by molar-refractivity contribution is 0.204. The van der Waals surface area contributed by atoms with E-state index in [4.69, 9.17) is 0 Å². The van der Waals surface area contributed by atoms with Crippen LogP contribution >= 0.6 is 0 Å². The van der Waals surface area contributed by atoms with Crippen molar-refractivity contribution in [2.24, 2.45) is 7.05 Å². The van der Waals surface area contributed by atoms with E-state index in [0.29, 0.717) is 17.3 Å². The molecule has 4 heterocycles. The molecule has 0 spiro atoms. The van der Waals surface area contributed by atoms with Crippen LogP contribution in [0.25, 0.3) is 10.9 Å². The van der Waals surface area contributed by atoms with E-state index >= 15 is 0 Å². The lowest BCUT2D eigenvalue weighted by atomic mass is 10.1. The van der Waals surface area contributed by atoms with Crippen molar-refractivity contribution in [3.8, 4) is 0 Å². The summed E-state index contributed by atoms with van der Waals surface area (Å²) in [5.74, 6) is -0.393. The van der Waals surface area contributed by atoms with Crippen LogP contribution in [-0.2, 0) is 13.5 Å². The zero-order valence-corrected chi connectivity index (χ0v) is 13.9. The molecule has 0 aromatic carbocycles. The molecular formula is C17H21FN4O. The molecule has 2 aliphatic rings. The fourth-order valence-corrected chi connectivity index (χ4v) is 4.02. The lowest BCUT2D eigenvalue weighted by Gasteiger charge is -2.42. The van der Waals surface area contributed by atoms with Crippen molar-refractivity contribution >= 4 is 16.6 Å². The maximum atomic E-state index is 14.6. The maximum absolute atomic E-state index is 14.6. The number of anilines is 1. The number of halogens is 1. The Labute approximate surface area is 134 Å². The molecule has 1 saturated heterocycles. The molecule has 5 nitrogen and oxygen atoms in total. The van der Waals surface area contributed by atoms with E-state index in [9.17, 15) is 9.18 Å². The second kappa shape index (κ2) is 4.77. The number of nitrogens with zero attached hydrogens (tertiary/aromatic N) is 4. The number of aromatic nitrogens is 2. The van der Waals surface area contributed by atoms with Gasteiger partial charge in [-0.25, -0.2) is 4.39 Å². The van der Waals surface area contributed by atoms with Gasteiger partial charge in [0.1, 0.15) is 0 Å². The molecule has 0 aliphatic carbocycles. The molecule has 6 heteroatoms. The maximum Gasteiger partial charge on any atom is 0.256 e. The molecule has 0 bridgehead atoms. The molecule has 2 aromatic rings. The van der Waals surface area contributed by atoms with Crippen LogP contribution in [0.3, 0.4) is 0 Å². The zero-order chi connectivity index (χ0) is 16.5. The van der Waals surface area contributed by atoms with E-state index in [1.54, 1.807) is 20.2 Å². The first-order valence-corrected chi connectivity index (χ1v) is 8.03. The fraction of sp³-hybridized carbons (Fsp3) is 0.529. The van der Waals surface area contributed by atoms with Gasteiger partial charge in [-0.2, -0.15) is 0 Å². The van der Waals surface area contributed by atoms with Gasteiger partial charge in [-0.05, 0) is 20.9 Å². The number of likely N-dealkylation sites (N-methyl/N-ethyl adjacent to an activating group) is 1. The number of rotatable bonds is 0. The highest BCUT2D eigenvalue weighted by Crippen LogP contribution is 2.39. The highest BCUT2D eigenvalue weighted by atomic mass is 19.1. The molecule has 2 unspecified atom stereocenters. The molecule has 0 saturated carbocycles. The van der Waals surface area contributed by atoms with Gasteiger partial charge in [0.25, 0.3) is 5.56 Å². The summed E-state index contributed by atoms with van der Waals surface area (Å²) in [5.41, 5.74) is 2.32. The third-order valence-corrected chi connectivity index (χ3v) is 5.49. The van der Waals surface area contributed by atoms with Gasteiger partial charge in [-0.1, -0.05) is 0 Å². The Morgan fingerprint density at radius 1 is 1.30 bits per heavy atom. The summed E-state index contributed by atoms with van der Waals surface area (Å²) >= 11 is 0. The number of aryl methyl sites for hydroxylation is 2. The highest BCUT2D eigenvalue weighted by molar-refractivity contribution is 5.95. The van der Waals surface area contributed by atoms with Gasteiger partial charge in [0.05, 0.1) is 16.9 Å². The van der Waals surface area contributed by atoms with Gasteiger partial charge < -0.3 is 9.47 Å². The van der Waals surface area contributed by atoms with Gasteiger partial charge in [0.2, 0.25) is 0 Å². The summed E-state index contributed by atoms with van der Waals surface area (Å²) in [6, 6.07) is 0.688. The van der Waals surface area contributed by atoms with Crippen LogP contribution in [0.2, 0.25) is 0 Å². The van der Waals surface area contributed by atoms with Crippen LogP contribution < -0.4 is 10.5 Å². The number of piperazine rings is 1. The molecule has 2 aliphatic heterocycles. The quantitative estimate of drug-likeness (QED) is 0.738. The minimum atomic E-state index is -0.393. The molecular weight excluding hydrogens is 295 g/mol. The SMILES string of the molecule is Cc1ncc2c3c(c(=O)n(C)c2c1F)CC1CN(C)C(C)CN31. The minimum absolute atomic E-state index is 0.0818. The third-order valence-electron chi connectivity index (χ3n) is 5.49. The first kappa shape index (κ1) is 14.6. The number of fused-ring (bicyclic) bond motifs is 5. The summed E-state index contributed by atoms with van der Waals surface area (Å²) in [6.07, 6.45) is 2.45. The minimum Gasteiger partial charge on any atom is -0.364 e. The van der Waals surface area contributed by atoms with Crippen LogP contribution in [0.1, 0.15) is 18.2 Å². The Morgan fingerprint density at radius 2 is 2.04 bits per heavy atom. The van der Waals surface area contributed by atoms with Gasteiger partial charge >= 0.3 is 0 Å². The van der Waals surface area contributed by atoms with Crippen LogP contribution in [0.4, 0.5) is 10.1 Å². The first-order valence-electron chi connectivity index (χ1n) is 8.03. The van der Waals surface area contributed by atoms with Gasteiger partial charge in [-0.15, -0.1) is 0 Å². The Morgan fingerprint density at radius 3 is 2.78 bits per heavy atom. The average Bonchev–Trinajstić information content (AvgIpc) is 2.87. The number of hydrogen-bond acceptors (Lipinski definition) is 4. The first-order chi connectivity index (χ1) is 10.9. The summed E-state index contributed by atoms with van der Waals surface area (Å²) in [6.45, 7) is 5.59. The summed E-state index contributed by atoms with van der Waals surface area (Å²) in [7, 11) is 3.77. The standard InChI is InChI=1S/C17H21FN4O/c1-9-7-22-11(8-20(9)3)5-12-15(22)13-6-19-10(2)14(18)16(13)21(4)17(12)23/h6,9,11H,5,7-8H2,1-4H3. The molecule has 23 heavy (non-hydrogen) atoms. The Hall–Kier alpha value is -1.95. The Balaban J connectivity index is 2.03. The average molecular weight is 316 g/mol. The second-order valence-electron chi connectivity index (χ2n) is 6.91. The van der Waals surface area contributed by atoms with E-state index in [1.807, 2.05) is 0 Å². The van der Waals surface area contributed by atoms with Gasteiger partial charge in [0, 0.05) is 55.8 Å². The number of hydrogen-bond donors (Lipinski definition) is 0. The second-order valence-corrected chi connectivity index (χ2v) is 6.91. The molecule has 4 rings (SSSR count). The van der Waals surface area contributed by atoms with E-state index in [1.165, 1.54) is 4.57 Å². The van der Waals surface area contributed by atoms with E-state index in [-0.39, 0.29) is 11.6 Å². The molecule has 0 amide bonds. The van der Waals surface area contributed by atoms with Crippen molar-refractivity contribution in [2.75, 3.05) is 25.0 Å². The Kier molecular flexibility index (Phi) is 3.04. The third kappa shape index (κ3) is 1.87. The monoisotopic (exact) mass is 316 g/mol. The van der Waals surface area contributed by atoms with Gasteiger partial charge in [-0.3, -0.25) is 14.7 Å². The van der Waals surface area contributed by atoms with Crippen molar-refractivity contribution in [3.63, 3.8) is 0 Å². The van der Waals surface area contributed by atoms with Crippen molar-refractivity contribution < 1.29 is 4.39 Å². The van der Waals surface area contributed by atoms with E-state index < -0.39 is 5.82 Å². The lowest BCUT2D eigenvalue weighted by Crippen LogP contribution is -2.54. The van der Waals surface area contributed by atoms with Crippen molar-refractivity contribution in [2.45, 2.75) is 32.4 Å². The normalized spacial score (nSPS) is 24.1. The molecule has 2 atom stereocenters. The predicted octanol–water partition coefficient (Wildman–Crippen LogP) is 1.45. The van der Waals surface area contributed by atoms with Crippen LogP contribution in [0, 0.1) is 12.7 Å². The van der Waals surface area contributed by atoms with Gasteiger partial charge in [0.15, 0.2) is 5.82 Å². The predicted molar refractivity (Wildman–Crippen MR) is 88.6 cm³/mol. The molecule has 2 aromatic heterocycles. The fourth-order valence-electron chi connectivity index (χ4n) is 4.02. The number of pyridine rings is 2. The zero-order valence-electron chi connectivity index (χ0n) is 13.9. The van der Waals surface area contributed by atoms with Crippen molar-refractivity contribution in [3.05, 3.63) is 33.6 Å². The van der Waals surface area contributed by atoms with Crippen molar-refractivity contribution in [1.82, 2.24) is 14.5 Å². The largest absolute Gasteiger partial charge is 0.364 e. The van der Waals surface area contributed by atoms with Crippen molar-refractivity contribution in [1.29, 1.82) is 0 Å². The molecule has 122 valence electrons. The van der Waals surface area contributed by atoms with E-state index in [0.717, 1.165) is 36.1 Å². The Bertz CT molecular complexity index is 875. The molecule has 0 radical (unpaired) electrons. The molecule has 1 fully saturated rings. The smallest absolute Gasteiger partial charge is 0.256 e. The summed E-state index contributed by atoms with van der Waals surface area (Å²) in [5, 5.41) is 0.754. The van der Waals surface area contributed by atoms with Crippen LogP contribution in [0.5, 0.6) is 0 Å². The molecule has 0 N–H and O–H groups in total. The van der Waals surface area contributed by atoms with E-state index in [2.05, 4.69) is 28.8 Å². The van der Waals surface area contributed by atoms with Crippen LogP contribution in [-0.4, -0.2) is 46.7 Å². The summed E-state index contributed by atoms with van der Waals surface area (Å²) < 4.78 is 16.1. The summed E-state index contributed by atoms with van der Waals surface area (Å²) in [4.78, 5) is 21.6. The topological polar surface area (TPSA) is 41.4 Å². The van der Waals surface area contributed by atoms with Crippen LogP contribution in [0.15, 0.2) is 11.0 Å². The highest BCUT2D eigenvalue weighted by Gasteiger charge is 2.39.